The molecule has 0 saturated carbocycles. The molecule has 0 aromatic heterocycles. The Kier molecular flexibility index (Phi) is 9.99. The predicted octanol–water partition coefficient (Wildman–Crippen LogP) is 8.27. The average molecular weight is 667 g/mol. The first-order valence-corrected chi connectivity index (χ1v) is 16.5. The number of hydrogen-bond donors (Lipinski definition) is 3. The van der Waals surface area contributed by atoms with Crippen molar-refractivity contribution in [3.05, 3.63) is 136 Å². The van der Waals surface area contributed by atoms with Gasteiger partial charge in [-0.2, -0.15) is 13.2 Å². The van der Waals surface area contributed by atoms with Gasteiger partial charge in [0.1, 0.15) is 0 Å². The Morgan fingerprint density at radius 2 is 1.63 bits per heavy atom. The predicted molar refractivity (Wildman–Crippen MR) is 182 cm³/mol. The second-order valence-electron chi connectivity index (χ2n) is 12.7. The first-order chi connectivity index (χ1) is 23.6. The molecule has 0 fully saturated rings. The third-order valence-corrected chi connectivity index (χ3v) is 9.38. The van der Waals surface area contributed by atoms with E-state index in [-0.39, 0.29) is 24.8 Å². The number of fused-ring (bicyclic) bond motifs is 3. The summed E-state index contributed by atoms with van der Waals surface area (Å²) in [4.78, 5) is 37.6. The van der Waals surface area contributed by atoms with E-state index in [0.717, 1.165) is 53.1 Å². The molecule has 3 N–H and O–H groups in total. The van der Waals surface area contributed by atoms with Crippen molar-refractivity contribution in [2.45, 2.75) is 63.1 Å². The molecule has 4 aromatic carbocycles. The van der Waals surface area contributed by atoms with E-state index < -0.39 is 29.7 Å². The van der Waals surface area contributed by atoms with Gasteiger partial charge in [-0.1, -0.05) is 72.8 Å². The summed E-state index contributed by atoms with van der Waals surface area (Å²) < 4.78 is 40.7. The summed E-state index contributed by atoms with van der Waals surface area (Å²) in [7, 11) is 0. The molecule has 2 aliphatic carbocycles. The third-order valence-electron chi connectivity index (χ3n) is 9.38. The molecule has 6 nitrogen and oxygen atoms in total. The normalized spacial score (nSPS) is 16.1. The number of carboxylic acids is 1. The highest BCUT2D eigenvalue weighted by Gasteiger charge is 2.34. The van der Waals surface area contributed by atoms with E-state index in [4.69, 9.17) is 5.11 Å². The smallest absolute Gasteiger partial charge is 0.416 e. The molecule has 9 heteroatoms. The molecule has 252 valence electrons. The van der Waals surface area contributed by atoms with Crippen molar-refractivity contribution in [1.29, 1.82) is 0 Å². The van der Waals surface area contributed by atoms with Crippen molar-refractivity contribution < 1.29 is 32.7 Å². The number of amides is 2. The molecule has 2 aliphatic rings. The lowest BCUT2D eigenvalue weighted by atomic mass is 9.81. The number of benzene rings is 4. The summed E-state index contributed by atoms with van der Waals surface area (Å²) in [5, 5.41) is 14.7. The standard InChI is InChI=1S/C40H37F3N2O4/c41-40(42,43)31-19-18-30-23-36(33-9-5-4-8-32(33)34(30)24-31)45-39(49)35(28-16-14-27(15-17-28)26-6-2-1-3-7-26)22-25-10-12-29(13-11-25)38(48)44-21-20-37(46)47/h4-6,8-19,24,35-36H,1-3,7,20-23H2,(H,44,48)(H,45,49)(H,46,47). The van der Waals surface area contributed by atoms with Gasteiger partial charge < -0.3 is 15.7 Å². The summed E-state index contributed by atoms with van der Waals surface area (Å²) in [6.45, 7) is 0.0172. The number of allylic oxidation sites excluding steroid dienone is 2. The minimum absolute atomic E-state index is 0.0172. The molecule has 49 heavy (non-hydrogen) atoms. The van der Waals surface area contributed by atoms with Crippen LogP contribution < -0.4 is 10.6 Å². The van der Waals surface area contributed by atoms with Gasteiger partial charge in [0.15, 0.2) is 0 Å². The van der Waals surface area contributed by atoms with E-state index in [2.05, 4.69) is 28.8 Å². The highest BCUT2D eigenvalue weighted by molar-refractivity contribution is 5.94. The van der Waals surface area contributed by atoms with Crippen molar-refractivity contribution >= 4 is 23.4 Å². The Morgan fingerprint density at radius 1 is 0.878 bits per heavy atom. The molecular formula is C40H37F3N2O4. The summed E-state index contributed by atoms with van der Waals surface area (Å²) in [5.41, 5.74) is 6.45. The Morgan fingerprint density at radius 3 is 2.33 bits per heavy atom. The van der Waals surface area contributed by atoms with Gasteiger partial charge >= 0.3 is 12.1 Å². The van der Waals surface area contributed by atoms with Crippen LogP contribution >= 0.6 is 0 Å². The zero-order valence-electron chi connectivity index (χ0n) is 26.9. The lowest BCUT2D eigenvalue weighted by molar-refractivity contribution is -0.138. The van der Waals surface area contributed by atoms with Crippen LogP contribution in [-0.4, -0.2) is 29.4 Å². The zero-order valence-corrected chi connectivity index (χ0v) is 26.9. The minimum atomic E-state index is -4.46. The quantitative estimate of drug-likeness (QED) is 0.159. The number of hydrogen-bond acceptors (Lipinski definition) is 3. The van der Waals surface area contributed by atoms with Crippen LogP contribution in [0.25, 0.3) is 16.7 Å². The van der Waals surface area contributed by atoms with Crippen LogP contribution in [-0.2, 0) is 28.6 Å². The summed E-state index contributed by atoms with van der Waals surface area (Å²) in [6.07, 6.45) is 2.73. The van der Waals surface area contributed by atoms with E-state index in [1.807, 2.05) is 24.3 Å². The van der Waals surface area contributed by atoms with Crippen molar-refractivity contribution in [3.63, 3.8) is 0 Å². The fourth-order valence-electron chi connectivity index (χ4n) is 6.76. The molecule has 2 amide bonds. The topological polar surface area (TPSA) is 95.5 Å². The molecule has 2 unspecified atom stereocenters. The molecule has 0 heterocycles. The number of carbonyl (C=O) groups excluding carboxylic acids is 2. The largest absolute Gasteiger partial charge is 0.481 e. The average Bonchev–Trinajstić information content (AvgIpc) is 3.10. The zero-order chi connectivity index (χ0) is 34.5. The number of carbonyl (C=O) groups is 3. The molecule has 0 saturated heterocycles. The van der Waals surface area contributed by atoms with Crippen LogP contribution in [0, 0.1) is 0 Å². The summed E-state index contributed by atoms with van der Waals surface area (Å²) in [5.74, 6) is -2.19. The molecule has 4 aromatic rings. The number of alkyl halides is 3. The van der Waals surface area contributed by atoms with Gasteiger partial charge in [0.2, 0.25) is 5.91 Å². The van der Waals surface area contributed by atoms with Crippen LogP contribution in [0.2, 0.25) is 0 Å². The van der Waals surface area contributed by atoms with E-state index in [9.17, 15) is 27.6 Å². The number of halogens is 3. The maximum absolute atomic E-state index is 14.3. The van der Waals surface area contributed by atoms with E-state index in [0.29, 0.717) is 29.5 Å². The molecule has 0 radical (unpaired) electrons. The third kappa shape index (κ3) is 7.94. The van der Waals surface area contributed by atoms with Crippen LogP contribution in [0.15, 0.2) is 97.1 Å². The van der Waals surface area contributed by atoms with E-state index in [1.54, 1.807) is 36.4 Å². The molecular weight excluding hydrogens is 629 g/mol. The van der Waals surface area contributed by atoms with Crippen molar-refractivity contribution in [2.75, 3.05) is 6.54 Å². The lowest BCUT2D eigenvalue weighted by Crippen LogP contribution is -2.36. The van der Waals surface area contributed by atoms with Crippen LogP contribution in [0.4, 0.5) is 13.2 Å². The van der Waals surface area contributed by atoms with Crippen LogP contribution in [0.1, 0.15) is 87.8 Å². The molecule has 0 spiro atoms. The maximum atomic E-state index is 14.3. The molecule has 0 aliphatic heterocycles. The number of carboxylic acid groups (broad SMARTS) is 1. The Hall–Kier alpha value is -5.18. The first kappa shape index (κ1) is 33.7. The van der Waals surface area contributed by atoms with Crippen molar-refractivity contribution in [1.82, 2.24) is 10.6 Å². The van der Waals surface area contributed by atoms with Crippen LogP contribution in [0.3, 0.4) is 0 Å². The van der Waals surface area contributed by atoms with Gasteiger partial charge in [0, 0.05) is 12.1 Å². The van der Waals surface area contributed by atoms with Gasteiger partial charge in [0.05, 0.1) is 23.9 Å². The van der Waals surface area contributed by atoms with Gasteiger partial charge in [-0.15, -0.1) is 0 Å². The second kappa shape index (κ2) is 14.5. The maximum Gasteiger partial charge on any atom is 0.416 e. The molecule has 0 bridgehead atoms. The highest BCUT2D eigenvalue weighted by atomic mass is 19.4. The van der Waals surface area contributed by atoms with E-state index in [1.165, 1.54) is 24.1 Å². The highest BCUT2D eigenvalue weighted by Crippen LogP contribution is 2.42. The SMILES string of the molecule is O=C(O)CCNC(=O)c1ccc(CC(C(=O)NC2Cc3ccc(C(F)(F)F)cc3-c3ccccc32)c2ccc(C3=CCCCC3)cc2)cc1. The second-order valence-corrected chi connectivity index (χ2v) is 12.7. The van der Waals surface area contributed by atoms with Crippen molar-refractivity contribution in [3.8, 4) is 11.1 Å². The molecule has 6 rings (SSSR count). The molecule has 2 atom stereocenters. The number of aliphatic carboxylic acids is 1. The summed E-state index contributed by atoms with van der Waals surface area (Å²) in [6, 6.07) is 25.6. The van der Waals surface area contributed by atoms with Gasteiger partial charge in [-0.25, -0.2) is 0 Å². The fourth-order valence-corrected chi connectivity index (χ4v) is 6.76. The lowest BCUT2D eigenvalue weighted by Gasteiger charge is -2.30. The Bertz CT molecular complexity index is 1880. The number of rotatable bonds is 10. The van der Waals surface area contributed by atoms with Crippen LogP contribution in [0.5, 0.6) is 0 Å². The first-order valence-electron chi connectivity index (χ1n) is 16.5. The fraction of sp³-hybridized carbons (Fsp3) is 0.275. The number of nitrogens with one attached hydrogen (secondary N) is 2. The monoisotopic (exact) mass is 666 g/mol. The van der Waals surface area contributed by atoms with E-state index >= 15 is 0 Å². The van der Waals surface area contributed by atoms with Crippen molar-refractivity contribution in [2.24, 2.45) is 0 Å². The minimum Gasteiger partial charge on any atom is -0.481 e. The van der Waals surface area contributed by atoms with Gasteiger partial charge in [-0.3, -0.25) is 14.4 Å². The Balaban J connectivity index is 1.26. The van der Waals surface area contributed by atoms with Gasteiger partial charge in [0.25, 0.3) is 5.91 Å². The summed E-state index contributed by atoms with van der Waals surface area (Å²) >= 11 is 0. The Labute approximate surface area is 283 Å². The van der Waals surface area contributed by atoms with Gasteiger partial charge in [-0.05, 0) is 107 Å².